The Balaban J connectivity index is 1.13. The van der Waals surface area contributed by atoms with Crippen LogP contribution in [0.4, 0.5) is 0 Å². The van der Waals surface area contributed by atoms with E-state index in [-0.39, 0.29) is 30.2 Å². The van der Waals surface area contributed by atoms with E-state index in [1.807, 2.05) is 24.3 Å². The van der Waals surface area contributed by atoms with Crippen molar-refractivity contribution in [1.82, 2.24) is 0 Å². The summed E-state index contributed by atoms with van der Waals surface area (Å²) in [5, 5.41) is 0. The first-order chi connectivity index (χ1) is 30.8. The second-order valence-corrected chi connectivity index (χ2v) is 24.2. The van der Waals surface area contributed by atoms with E-state index in [9.17, 15) is 0 Å². The van der Waals surface area contributed by atoms with Crippen molar-refractivity contribution >= 4 is 23.0 Å². The molecule has 356 valence electrons. The van der Waals surface area contributed by atoms with Crippen LogP contribution in [0.5, 0.6) is 23.0 Å². The van der Waals surface area contributed by atoms with Gasteiger partial charge in [0.2, 0.25) is 5.78 Å². The monoisotopic (exact) mass is 923 g/mol. The predicted molar refractivity (Wildman–Crippen MR) is 256 cm³/mol. The van der Waals surface area contributed by atoms with Crippen LogP contribution < -0.4 is 18.5 Å². The van der Waals surface area contributed by atoms with Gasteiger partial charge in [0, 0.05) is 12.1 Å². The number of ether oxygens (including phenoxy) is 2. The molecule has 9 nitrogen and oxygen atoms in total. The summed E-state index contributed by atoms with van der Waals surface area (Å²) in [5.41, 5.74) is 0.772. The molecule has 2 aromatic rings. The highest BCUT2D eigenvalue weighted by molar-refractivity contribution is 7.42. The van der Waals surface area contributed by atoms with Crippen molar-refractivity contribution in [3.63, 3.8) is 0 Å². The normalized spacial score (nSPS) is 35.8. The van der Waals surface area contributed by atoms with Crippen LogP contribution >= 0.6 is 17.2 Å². The molecule has 14 atom stereocenters. The molecule has 4 unspecified atom stereocenters. The number of carbonyl (C=O) groups is 1. The summed E-state index contributed by atoms with van der Waals surface area (Å²) in [4.78, 5) is 15.3. The molecule has 0 amide bonds. The number of fused-ring (bicyclic) bond motifs is 8. The summed E-state index contributed by atoms with van der Waals surface area (Å²) in [6.45, 7) is 18.5. The third-order valence-electron chi connectivity index (χ3n) is 16.7. The van der Waals surface area contributed by atoms with Crippen molar-refractivity contribution in [2.24, 2.45) is 71.0 Å². The second kappa shape index (κ2) is 21.5. The van der Waals surface area contributed by atoms with E-state index in [1.54, 1.807) is 26.4 Å². The van der Waals surface area contributed by atoms with Crippen LogP contribution in [0.3, 0.4) is 0 Å². The second-order valence-electron chi connectivity index (χ2n) is 22.1. The molecule has 0 aromatic heterocycles. The number of ketones is 1. The van der Waals surface area contributed by atoms with E-state index in [0.29, 0.717) is 105 Å². The molecule has 6 fully saturated rings. The number of hydrogen-bond donors (Lipinski definition) is 0. The molecule has 2 saturated heterocycles. The Kier molecular flexibility index (Phi) is 16.3. The van der Waals surface area contributed by atoms with Gasteiger partial charge in [-0.2, -0.15) is 0 Å². The van der Waals surface area contributed by atoms with Gasteiger partial charge in [0.25, 0.3) is 0 Å². The van der Waals surface area contributed by atoms with Gasteiger partial charge in [-0.1, -0.05) is 55.4 Å². The van der Waals surface area contributed by atoms with Gasteiger partial charge in [-0.25, -0.2) is 0 Å². The standard InChI is InChI=1S/C53H80O9P2/c1-31(2)41-17-11-35-23-36-12-18-42(32(3)4)48(26-36)58-63(57-47(41)25-35)61-51-29-39(55-9)15-21-45(51)53(54)46-22-16-40(56-10)30-52(46)62-64-59-49-27-37(13-19-43(49)33(5)6)24-38-14-20-44(34(7)8)50(28-38)60-64/h15-16,21-22,29-38,41-44,47-50H,11-14,17-20,23-28H2,1-10H3/t35-,36-,37-,38-,41-,42?,43-,44?,47+,48+,49+,50+,63?,64?/m0/s1. The minimum atomic E-state index is -1.88. The van der Waals surface area contributed by atoms with Gasteiger partial charge in [-0.05, 0) is 185 Å². The molecule has 64 heavy (non-hydrogen) atoms. The maximum Gasteiger partial charge on any atom is 0.397 e. The Labute approximate surface area is 388 Å². The smallest absolute Gasteiger partial charge is 0.397 e. The van der Waals surface area contributed by atoms with Crippen molar-refractivity contribution in [1.29, 1.82) is 0 Å². The Morgan fingerprint density at radius 3 is 1.03 bits per heavy atom. The van der Waals surface area contributed by atoms with Crippen molar-refractivity contribution in [2.75, 3.05) is 14.2 Å². The summed E-state index contributed by atoms with van der Waals surface area (Å²) in [6, 6.07) is 10.9. The Bertz CT molecular complexity index is 1660. The zero-order valence-electron chi connectivity index (χ0n) is 40.7. The highest BCUT2D eigenvalue weighted by Gasteiger charge is 2.45. The first-order valence-electron chi connectivity index (χ1n) is 25.3. The van der Waals surface area contributed by atoms with Crippen molar-refractivity contribution in [2.45, 2.75) is 170 Å². The summed E-state index contributed by atoms with van der Waals surface area (Å²) in [6.07, 6.45) is 16.3. The molecule has 2 aromatic carbocycles. The van der Waals surface area contributed by atoms with Crippen LogP contribution in [0.1, 0.15) is 161 Å². The third-order valence-corrected chi connectivity index (χ3v) is 19.1. The maximum absolute atomic E-state index is 15.3. The van der Waals surface area contributed by atoms with Crippen LogP contribution in [0.15, 0.2) is 36.4 Å². The van der Waals surface area contributed by atoms with Crippen molar-refractivity contribution in [3.05, 3.63) is 47.5 Å². The van der Waals surface area contributed by atoms with E-state index in [0.717, 1.165) is 51.4 Å². The van der Waals surface area contributed by atoms with Crippen LogP contribution in [0.25, 0.3) is 0 Å². The molecule has 8 bridgehead atoms. The van der Waals surface area contributed by atoms with Gasteiger partial charge < -0.3 is 18.5 Å². The first-order valence-corrected chi connectivity index (χ1v) is 27.5. The topological polar surface area (TPSA) is 90.9 Å². The molecule has 11 heteroatoms. The fourth-order valence-electron chi connectivity index (χ4n) is 12.9. The van der Waals surface area contributed by atoms with Crippen LogP contribution in [0, 0.1) is 71.0 Å². The highest BCUT2D eigenvalue weighted by Crippen LogP contribution is 2.57. The fraction of sp³-hybridized carbons (Fsp3) is 0.755. The van der Waals surface area contributed by atoms with Crippen molar-refractivity contribution in [3.8, 4) is 23.0 Å². The van der Waals surface area contributed by atoms with Crippen LogP contribution in [-0.2, 0) is 18.1 Å². The molecule has 0 N–H and O–H groups in total. The number of carbonyl (C=O) groups excluding carboxylic acids is 1. The van der Waals surface area contributed by atoms with Gasteiger partial charge >= 0.3 is 17.2 Å². The molecule has 2 heterocycles. The lowest BCUT2D eigenvalue weighted by Crippen LogP contribution is -2.40. The third kappa shape index (κ3) is 11.3. The lowest BCUT2D eigenvalue weighted by Gasteiger charge is -2.45. The van der Waals surface area contributed by atoms with Crippen LogP contribution in [0.2, 0.25) is 0 Å². The zero-order chi connectivity index (χ0) is 45.2. The lowest BCUT2D eigenvalue weighted by atomic mass is 9.68. The summed E-state index contributed by atoms with van der Waals surface area (Å²) >= 11 is 0. The summed E-state index contributed by atoms with van der Waals surface area (Å²) < 4.78 is 54.0. The molecule has 6 aliphatic rings. The SMILES string of the molecule is COc1ccc(C(=O)c2ccc(OC)cc2OP2O[C@@H]3C[C@@H](CCC3C(C)C)C[C@@H]3CC[C@@H](C(C)C)[C@@H](C3)O2)c(OP2O[C@@H]3C[C@@H](CCC3C(C)C)C[C@@H]3CC[C@@H](C(C)C)[C@@H](C3)O2)c1. The molecule has 0 radical (unpaired) electrons. The number of hydrogen-bond acceptors (Lipinski definition) is 9. The quantitative estimate of drug-likeness (QED) is 0.152. The zero-order valence-corrected chi connectivity index (χ0v) is 42.5. The van der Waals surface area contributed by atoms with Crippen LogP contribution in [-0.4, -0.2) is 44.4 Å². The van der Waals surface area contributed by atoms with E-state index >= 15 is 4.79 Å². The van der Waals surface area contributed by atoms with Gasteiger partial charge in [0.1, 0.15) is 23.0 Å². The molecular weight excluding hydrogens is 843 g/mol. The molecule has 4 saturated carbocycles. The van der Waals surface area contributed by atoms with Gasteiger partial charge in [-0.15, -0.1) is 0 Å². The average Bonchev–Trinajstić information content (AvgIpc) is 3.25. The Hall–Kier alpha value is -1.99. The van der Waals surface area contributed by atoms with Gasteiger partial charge in [-0.3, -0.25) is 22.9 Å². The predicted octanol–water partition coefficient (Wildman–Crippen LogP) is 14.8. The van der Waals surface area contributed by atoms with E-state index < -0.39 is 17.2 Å². The molecular formula is C53H80O9P2. The van der Waals surface area contributed by atoms with Gasteiger partial charge in [0.15, 0.2) is 0 Å². The average molecular weight is 923 g/mol. The van der Waals surface area contributed by atoms with Crippen molar-refractivity contribution < 1.29 is 41.4 Å². The Morgan fingerprint density at radius 1 is 0.469 bits per heavy atom. The lowest BCUT2D eigenvalue weighted by molar-refractivity contribution is -0.0277. The maximum atomic E-state index is 15.3. The molecule has 0 spiro atoms. The minimum Gasteiger partial charge on any atom is -0.497 e. The molecule has 4 aliphatic carbocycles. The Morgan fingerprint density at radius 2 is 0.766 bits per heavy atom. The molecule has 2 aliphatic heterocycles. The number of benzene rings is 2. The summed E-state index contributed by atoms with van der Waals surface area (Å²) in [5.74, 6) is 7.85. The van der Waals surface area contributed by atoms with E-state index in [2.05, 4.69) is 55.4 Å². The largest absolute Gasteiger partial charge is 0.497 e. The number of rotatable bonds is 12. The minimum absolute atomic E-state index is 0.0246. The number of methoxy groups -OCH3 is 2. The fourth-order valence-corrected chi connectivity index (χ4v) is 15.7. The summed E-state index contributed by atoms with van der Waals surface area (Å²) in [7, 11) is -0.474. The molecule has 8 rings (SSSR count). The first kappa shape index (κ1) is 48.5. The van der Waals surface area contributed by atoms with E-state index in [4.69, 9.17) is 36.6 Å². The van der Waals surface area contributed by atoms with E-state index in [1.165, 1.54) is 38.5 Å². The van der Waals surface area contributed by atoms with Gasteiger partial charge in [0.05, 0.1) is 49.8 Å². The highest BCUT2D eigenvalue weighted by atomic mass is 31.2.